The molecule has 0 aromatic rings. The summed E-state index contributed by atoms with van der Waals surface area (Å²) < 4.78 is 0. The lowest BCUT2D eigenvalue weighted by atomic mass is 9.88. The molecule has 86 valence electrons. The second-order valence-electron chi connectivity index (χ2n) is 5.27. The minimum atomic E-state index is -0.626. The number of piperidine rings is 1. The van der Waals surface area contributed by atoms with Crippen LogP contribution in [0.15, 0.2) is 0 Å². The highest BCUT2D eigenvalue weighted by Crippen LogP contribution is 2.45. The first kappa shape index (κ1) is 10.9. The second-order valence-corrected chi connectivity index (χ2v) is 5.27. The van der Waals surface area contributed by atoms with E-state index in [4.69, 9.17) is 0 Å². The van der Waals surface area contributed by atoms with Gasteiger partial charge in [-0.3, -0.25) is 9.69 Å². The molecule has 0 spiro atoms. The highest BCUT2D eigenvalue weighted by Gasteiger charge is 2.52. The molecule has 0 aromatic carbocycles. The zero-order valence-electron chi connectivity index (χ0n) is 9.70. The van der Waals surface area contributed by atoms with Gasteiger partial charge < -0.3 is 5.11 Å². The molecule has 2 atom stereocenters. The summed E-state index contributed by atoms with van der Waals surface area (Å²) in [6.07, 6.45) is 5.73. The minimum absolute atomic E-state index is 0.385. The SMILES string of the molecule is CC1CCCCN1C(C)(C(=O)O)C1CC1. The molecule has 3 nitrogen and oxygen atoms in total. The quantitative estimate of drug-likeness (QED) is 0.777. The first-order valence-electron chi connectivity index (χ1n) is 6.07. The van der Waals surface area contributed by atoms with Gasteiger partial charge in [0.25, 0.3) is 0 Å². The number of hydrogen-bond donors (Lipinski definition) is 1. The summed E-state index contributed by atoms with van der Waals surface area (Å²) in [4.78, 5) is 13.7. The summed E-state index contributed by atoms with van der Waals surface area (Å²) in [7, 11) is 0. The van der Waals surface area contributed by atoms with Gasteiger partial charge in [0, 0.05) is 6.04 Å². The van der Waals surface area contributed by atoms with Gasteiger partial charge in [0.1, 0.15) is 5.54 Å². The van der Waals surface area contributed by atoms with Crippen molar-refractivity contribution in [1.29, 1.82) is 0 Å². The summed E-state index contributed by atoms with van der Waals surface area (Å²) in [6, 6.07) is 0.431. The van der Waals surface area contributed by atoms with E-state index >= 15 is 0 Å². The van der Waals surface area contributed by atoms with Crippen LogP contribution in [-0.2, 0) is 4.79 Å². The third kappa shape index (κ3) is 1.78. The maximum Gasteiger partial charge on any atom is 0.324 e. The van der Waals surface area contributed by atoms with E-state index in [0.717, 1.165) is 32.2 Å². The Labute approximate surface area is 91.5 Å². The fourth-order valence-corrected chi connectivity index (χ4v) is 2.97. The van der Waals surface area contributed by atoms with Crippen molar-refractivity contribution in [2.45, 2.75) is 57.5 Å². The van der Waals surface area contributed by atoms with Crippen molar-refractivity contribution in [3.05, 3.63) is 0 Å². The third-order valence-electron chi connectivity index (χ3n) is 4.20. The van der Waals surface area contributed by atoms with Gasteiger partial charge in [-0.2, -0.15) is 0 Å². The predicted molar refractivity (Wildman–Crippen MR) is 58.8 cm³/mol. The van der Waals surface area contributed by atoms with Crippen molar-refractivity contribution in [3.8, 4) is 0 Å². The van der Waals surface area contributed by atoms with Crippen LogP contribution in [0, 0.1) is 5.92 Å². The lowest BCUT2D eigenvalue weighted by molar-refractivity contribution is -0.155. The topological polar surface area (TPSA) is 40.5 Å². The molecule has 2 fully saturated rings. The van der Waals surface area contributed by atoms with Crippen molar-refractivity contribution in [2.75, 3.05) is 6.54 Å². The maximum absolute atomic E-state index is 11.5. The molecule has 0 bridgehead atoms. The first-order valence-corrected chi connectivity index (χ1v) is 6.07. The number of likely N-dealkylation sites (tertiary alicyclic amines) is 1. The fourth-order valence-electron chi connectivity index (χ4n) is 2.97. The third-order valence-corrected chi connectivity index (χ3v) is 4.20. The van der Waals surface area contributed by atoms with Crippen LogP contribution in [0.5, 0.6) is 0 Å². The minimum Gasteiger partial charge on any atom is -0.480 e. The average Bonchev–Trinajstić information content (AvgIpc) is 3.00. The summed E-state index contributed by atoms with van der Waals surface area (Å²) in [6.45, 7) is 5.05. The van der Waals surface area contributed by atoms with Gasteiger partial charge >= 0.3 is 5.97 Å². The molecular weight excluding hydrogens is 190 g/mol. The molecule has 0 amide bonds. The Hall–Kier alpha value is -0.570. The van der Waals surface area contributed by atoms with E-state index < -0.39 is 11.5 Å². The van der Waals surface area contributed by atoms with Crippen LogP contribution < -0.4 is 0 Å². The smallest absolute Gasteiger partial charge is 0.324 e. The Morgan fingerprint density at radius 2 is 2.00 bits per heavy atom. The van der Waals surface area contributed by atoms with Gasteiger partial charge in [0.05, 0.1) is 0 Å². The molecule has 1 heterocycles. The van der Waals surface area contributed by atoms with E-state index in [0.29, 0.717) is 12.0 Å². The van der Waals surface area contributed by atoms with E-state index in [-0.39, 0.29) is 0 Å². The number of carboxylic acids is 1. The molecule has 15 heavy (non-hydrogen) atoms. The number of carboxylic acid groups (broad SMARTS) is 1. The Morgan fingerprint density at radius 3 is 2.47 bits per heavy atom. The Morgan fingerprint density at radius 1 is 1.33 bits per heavy atom. The van der Waals surface area contributed by atoms with Crippen molar-refractivity contribution >= 4 is 5.97 Å². The average molecular weight is 211 g/mol. The van der Waals surface area contributed by atoms with E-state index in [1.165, 1.54) is 6.42 Å². The number of rotatable bonds is 3. The summed E-state index contributed by atoms with van der Waals surface area (Å²) in [5, 5.41) is 9.47. The van der Waals surface area contributed by atoms with Crippen LogP contribution in [-0.4, -0.2) is 34.1 Å². The monoisotopic (exact) mass is 211 g/mol. The highest BCUT2D eigenvalue weighted by atomic mass is 16.4. The van der Waals surface area contributed by atoms with Crippen LogP contribution in [0.25, 0.3) is 0 Å². The van der Waals surface area contributed by atoms with Crippen LogP contribution in [0.1, 0.15) is 46.0 Å². The maximum atomic E-state index is 11.5. The molecule has 0 radical (unpaired) electrons. The van der Waals surface area contributed by atoms with E-state index in [1.54, 1.807) is 0 Å². The summed E-state index contributed by atoms with van der Waals surface area (Å²) in [5.74, 6) is -0.241. The molecule has 2 aliphatic rings. The fraction of sp³-hybridized carbons (Fsp3) is 0.917. The van der Waals surface area contributed by atoms with Crippen molar-refractivity contribution in [2.24, 2.45) is 5.92 Å². The number of aliphatic carboxylic acids is 1. The van der Waals surface area contributed by atoms with Crippen molar-refractivity contribution in [1.82, 2.24) is 4.90 Å². The predicted octanol–water partition coefficient (Wildman–Crippen LogP) is 2.11. The number of hydrogen-bond acceptors (Lipinski definition) is 2. The van der Waals surface area contributed by atoms with Gasteiger partial charge in [-0.05, 0) is 52.0 Å². The lowest BCUT2D eigenvalue weighted by Crippen LogP contribution is -2.59. The lowest BCUT2D eigenvalue weighted by Gasteiger charge is -2.44. The Kier molecular flexibility index (Phi) is 2.75. The van der Waals surface area contributed by atoms with E-state index in [9.17, 15) is 9.90 Å². The number of carbonyl (C=O) groups is 1. The molecule has 2 unspecified atom stereocenters. The van der Waals surface area contributed by atoms with Gasteiger partial charge in [0.2, 0.25) is 0 Å². The summed E-state index contributed by atoms with van der Waals surface area (Å²) >= 11 is 0. The Bertz CT molecular complexity index is 262. The normalized spacial score (nSPS) is 32.3. The largest absolute Gasteiger partial charge is 0.480 e. The molecule has 2 rings (SSSR count). The van der Waals surface area contributed by atoms with Gasteiger partial charge in [-0.1, -0.05) is 6.42 Å². The molecule has 0 aromatic heterocycles. The molecule has 1 N–H and O–H groups in total. The van der Waals surface area contributed by atoms with Crippen LogP contribution in [0.4, 0.5) is 0 Å². The van der Waals surface area contributed by atoms with Crippen molar-refractivity contribution in [3.63, 3.8) is 0 Å². The molecular formula is C12H21NO2. The summed E-state index contributed by atoms with van der Waals surface area (Å²) in [5.41, 5.74) is -0.597. The molecule has 1 aliphatic carbocycles. The van der Waals surface area contributed by atoms with Gasteiger partial charge in [0.15, 0.2) is 0 Å². The van der Waals surface area contributed by atoms with Crippen molar-refractivity contribution < 1.29 is 9.90 Å². The molecule has 3 heteroatoms. The van der Waals surface area contributed by atoms with Crippen LogP contribution in [0.3, 0.4) is 0 Å². The highest BCUT2D eigenvalue weighted by molar-refractivity contribution is 5.79. The van der Waals surface area contributed by atoms with Gasteiger partial charge in [-0.15, -0.1) is 0 Å². The second kappa shape index (κ2) is 3.78. The van der Waals surface area contributed by atoms with Crippen LogP contribution >= 0.6 is 0 Å². The first-order chi connectivity index (χ1) is 7.06. The molecule has 1 aliphatic heterocycles. The standard InChI is InChI=1S/C12H21NO2/c1-9-5-3-4-8-13(9)12(2,11(14)15)10-6-7-10/h9-10H,3-8H2,1-2H3,(H,14,15). The molecule has 1 saturated heterocycles. The zero-order valence-corrected chi connectivity index (χ0v) is 9.70. The van der Waals surface area contributed by atoms with E-state index in [2.05, 4.69) is 11.8 Å². The zero-order chi connectivity index (χ0) is 11.1. The van der Waals surface area contributed by atoms with Gasteiger partial charge in [-0.25, -0.2) is 0 Å². The molecule has 1 saturated carbocycles. The van der Waals surface area contributed by atoms with Crippen LogP contribution in [0.2, 0.25) is 0 Å². The number of nitrogens with zero attached hydrogens (tertiary/aromatic N) is 1. The Balaban J connectivity index is 2.19. The van der Waals surface area contributed by atoms with E-state index in [1.807, 2.05) is 6.92 Å².